The Bertz CT molecular complexity index is 543. The summed E-state index contributed by atoms with van der Waals surface area (Å²) in [5.74, 6) is 0.954. The summed E-state index contributed by atoms with van der Waals surface area (Å²) < 4.78 is 2.07. The van der Waals surface area contributed by atoms with Crippen LogP contribution < -0.4 is 5.73 Å². The Morgan fingerprint density at radius 1 is 1.25 bits per heavy atom. The van der Waals surface area contributed by atoms with Crippen molar-refractivity contribution in [3.63, 3.8) is 0 Å². The van der Waals surface area contributed by atoms with Crippen LogP contribution in [0.25, 0.3) is 5.69 Å². The average molecular weight is 236 g/mol. The molecule has 2 aromatic rings. The number of imidazole rings is 1. The molecule has 0 aliphatic rings. The third kappa shape index (κ3) is 1.67. The van der Waals surface area contributed by atoms with Crippen molar-refractivity contribution in [2.45, 2.75) is 20.8 Å². The van der Waals surface area contributed by atoms with Gasteiger partial charge in [-0.2, -0.15) is 0 Å². The Labute approximate surface area is 99.9 Å². The smallest absolute Gasteiger partial charge is 0.110 e. The van der Waals surface area contributed by atoms with E-state index in [-0.39, 0.29) is 0 Å². The summed E-state index contributed by atoms with van der Waals surface area (Å²) in [5, 5.41) is 0.572. The van der Waals surface area contributed by atoms with Gasteiger partial charge in [0, 0.05) is 11.4 Å². The Hall–Kier alpha value is -1.48. The first-order valence-electron chi connectivity index (χ1n) is 5.08. The molecule has 0 spiro atoms. The molecule has 0 saturated carbocycles. The lowest BCUT2D eigenvalue weighted by molar-refractivity contribution is 0.941. The number of nitrogens with zero attached hydrogens (tertiary/aromatic N) is 2. The maximum Gasteiger partial charge on any atom is 0.110 e. The van der Waals surface area contributed by atoms with Crippen molar-refractivity contribution in [1.29, 1.82) is 0 Å². The van der Waals surface area contributed by atoms with Gasteiger partial charge < -0.3 is 10.3 Å². The van der Waals surface area contributed by atoms with Crippen LogP contribution in [0, 0.1) is 20.8 Å². The molecule has 0 unspecified atom stereocenters. The highest BCUT2D eigenvalue weighted by atomic mass is 35.5. The second kappa shape index (κ2) is 3.83. The molecule has 0 aliphatic heterocycles. The van der Waals surface area contributed by atoms with Crippen LogP contribution in [0.5, 0.6) is 0 Å². The number of benzene rings is 1. The number of halogens is 1. The number of hydrogen-bond acceptors (Lipinski definition) is 2. The highest BCUT2D eigenvalue weighted by Gasteiger charge is 2.09. The molecule has 0 radical (unpaired) electrons. The van der Waals surface area contributed by atoms with Gasteiger partial charge in [-0.15, -0.1) is 0 Å². The fourth-order valence-electron chi connectivity index (χ4n) is 1.81. The van der Waals surface area contributed by atoms with Crippen LogP contribution >= 0.6 is 11.6 Å². The zero-order valence-corrected chi connectivity index (χ0v) is 10.3. The number of hydrogen-bond donors (Lipinski definition) is 1. The molecule has 0 fully saturated rings. The first-order chi connectivity index (χ1) is 7.50. The van der Waals surface area contributed by atoms with Crippen molar-refractivity contribution >= 4 is 17.3 Å². The molecule has 0 atom stereocenters. The summed E-state index contributed by atoms with van der Waals surface area (Å²) in [6, 6.07) is 5.62. The molecule has 3 nitrogen and oxygen atoms in total. The number of nitrogen functional groups attached to an aromatic ring is 1. The monoisotopic (exact) mass is 235 g/mol. The van der Waals surface area contributed by atoms with E-state index in [1.807, 2.05) is 39.0 Å². The molecule has 0 aliphatic carbocycles. The van der Waals surface area contributed by atoms with Crippen molar-refractivity contribution in [1.82, 2.24) is 9.55 Å². The van der Waals surface area contributed by atoms with Gasteiger partial charge in [-0.1, -0.05) is 11.6 Å². The molecule has 1 heterocycles. The highest BCUT2D eigenvalue weighted by Crippen LogP contribution is 2.24. The van der Waals surface area contributed by atoms with Crippen LogP contribution in [0.2, 0.25) is 5.02 Å². The molecular formula is C12H14ClN3. The van der Waals surface area contributed by atoms with E-state index in [0.29, 0.717) is 10.7 Å². The van der Waals surface area contributed by atoms with Crippen molar-refractivity contribution in [3.8, 4) is 5.69 Å². The normalized spacial score (nSPS) is 10.8. The molecule has 16 heavy (non-hydrogen) atoms. The predicted molar refractivity (Wildman–Crippen MR) is 67.2 cm³/mol. The second-order valence-electron chi connectivity index (χ2n) is 3.87. The summed E-state index contributed by atoms with van der Waals surface area (Å²) in [5.41, 5.74) is 9.44. The molecule has 2 rings (SSSR count). The minimum Gasteiger partial charge on any atom is -0.398 e. The molecule has 0 saturated heterocycles. The Morgan fingerprint density at radius 3 is 2.44 bits per heavy atom. The van der Waals surface area contributed by atoms with Crippen LogP contribution in [0.3, 0.4) is 0 Å². The van der Waals surface area contributed by atoms with E-state index < -0.39 is 0 Å². The van der Waals surface area contributed by atoms with Gasteiger partial charge in [0.2, 0.25) is 0 Å². The molecule has 84 valence electrons. The number of anilines is 1. The van der Waals surface area contributed by atoms with Crippen molar-refractivity contribution in [3.05, 3.63) is 40.4 Å². The predicted octanol–water partition coefficient (Wildman–Crippen LogP) is 3.03. The zero-order chi connectivity index (χ0) is 11.9. The van der Waals surface area contributed by atoms with Gasteiger partial charge in [-0.3, -0.25) is 0 Å². The number of aryl methyl sites for hydroxylation is 2. The van der Waals surface area contributed by atoms with E-state index in [4.69, 9.17) is 17.3 Å². The van der Waals surface area contributed by atoms with Gasteiger partial charge in [0.15, 0.2) is 0 Å². The molecule has 0 amide bonds. The minimum atomic E-state index is 0.572. The molecule has 4 heteroatoms. The maximum atomic E-state index is 6.02. The maximum absolute atomic E-state index is 6.02. The van der Waals surface area contributed by atoms with Crippen LogP contribution in [-0.4, -0.2) is 9.55 Å². The van der Waals surface area contributed by atoms with E-state index in [0.717, 1.165) is 22.9 Å². The van der Waals surface area contributed by atoms with E-state index in [9.17, 15) is 0 Å². The second-order valence-corrected chi connectivity index (χ2v) is 4.28. The van der Waals surface area contributed by atoms with Gasteiger partial charge >= 0.3 is 0 Å². The first-order valence-corrected chi connectivity index (χ1v) is 5.46. The summed E-state index contributed by atoms with van der Waals surface area (Å²) >= 11 is 6.02. The van der Waals surface area contributed by atoms with Gasteiger partial charge in [-0.05, 0) is 39.0 Å². The average Bonchev–Trinajstić information content (AvgIpc) is 2.47. The molecule has 0 bridgehead atoms. The lowest BCUT2D eigenvalue weighted by Crippen LogP contribution is -2.00. The van der Waals surface area contributed by atoms with Crippen molar-refractivity contribution < 1.29 is 0 Å². The first kappa shape index (κ1) is 11.0. The van der Waals surface area contributed by atoms with Crippen molar-refractivity contribution in [2.75, 3.05) is 5.73 Å². The quantitative estimate of drug-likeness (QED) is 0.773. The van der Waals surface area contributed by atoms with Crippen LogP contribution in [-0.2, 0) is 0 Å². The van der Waals surface area contributed by atoms with Crippen LogP contribution in [0.4, 0.5) is 5.69 Å². The van der Waals surface area contributed by atoms with Gasteiger partial charge in [0.1, 0.15) is 5.82 Å². The van der Waals surface area contributed by atoms with E-state index in [1.54, 1.807) is 0 Å². The van der Waals surface area contributed by atoms with Crippen molar-refractivity contribution in [2.24, 2.45) is 0 Å². The van der Waals surface area contributed by atoms with Crippen LogP contribution in [0.1, 0.15) is 17.2 Å². The minimum absolute atomic E-state index is 0.572. The Morgan fingerprint density at radius 2 is 1.94 bits per heavy atom. The van der Waals surface area contributed by atoms with Gasteiger partial charge in [0.05, 0.1) is 16.4 Å². The molecular weight excluding hydrogens is 222 g/mol. The highest BCUT2D eigenvalue weighted by molar-refractivity contribution is 6.33. The molecule has 1 aromatic heterocycles. The lowest BCUT2D eigenvalue weighted by atomic mass is 10.2. The van der Waals surface area contributed by atoms with Gasteiger partial charge in [0.25, 0.3) is 0 Å². The summed E-state index contributed by atoms with van der Waals surface area (Å²) in [6.45, 7) is 6.02. The number of rotatable bonds is 1. The number of aromatic nitrogens is 2. The van der Waals surface area contributed by atoms with E-state index in [2.05, 4.69) is 9.55 Å². The van der Waals surface area contributed by atoms with E-state index in [1.165, 1.54) is 0 Å². The SMILES string of the molecule is Cc1nc(C)n(-c2ccc(N)c(Cl)c2)c1C. The fourth-order valence-corrected chi connectivity index (χ4v) is 1.99. The zero-order valence-electron chi connectivity index (χ0n) is 9.58. The fraction of sp³-hybridized carbons (Fsp3) is 0.250. The number of nitrogens with two attached hydrogens (primary N) is 1. The van der Waals surface area contributed by atoms with Gasteiger partial charge in [-0.25, -0.2) is 4.98 Å². The molecule has 1 aromatic carbocycles. The summed E-state index contributed by atoms with van der Waals surface area (Å²) in [6.07, 6.45) is 0. The Kier molecular flexibility index (Phi) is 2.64. The van der Waals surface area contributed by atoms with Crippen LogP contribution in [0.15, 0.2) is 18.2 Å². The summed E-state index contributed by atoms with van der Waals surface area (Å²) in [7, 11) is 0. The third-order valence-corrected chi connectivity index (χ3v) is 3.08. The third-order valence-electron chi connectivity index (χ3n) is 2.75. The topological polar surface area (TPSA) is 43.8 Å². The largest absolute Gasteiger partial charge is 0.398 e. The standard InChI is InChI=1S/C12H14ClN3/c1-7-8(2)16(9(3)15-7)10-4-5-12(14)11(13)6-10/h4-6H,14H2,1-3H3. The summed E-state index contributed by atoms with van der Waals surface area (Å²) in [4.78, 5) is 4.43. The lowest BCUT2D eigenvalue weighted by Gasteiger charge is -2.09. The molecule has 2 N–H and O–H groups in total. The van der Waals surface area contributed by atoms with E-state index >= 15 is 0 Å². The Balaban J connectivity index is 2.63.